The Morgan fingerprint density at radius 2 is 2.36 bits per heavy atom. The standard InChI is InChI=1S/C7H14N4O3/c1-10-4-5-11(7(10)13)3-2-6(12)14-9-8/h9H,2-5,8H2,1H3. The van der Waals surface area contributed by atoms with E-state index in [4.69, 9.17) is 5.84 Å². The Balaban J connectivity index is 2.25. The van der Waals surface area contributed by atoms with Crippen molar-refractivity contribution in [1.29, 1.82) is 0 Å². The highest BCUT2D eigenvalue weighted by Crippen LogP contribution is 2.06. The van der Waals surface area contributed by atoms with E-state index in [1.165, 1.54) is 0 Å². The number of nitrogens with two attached hydrogens (primary N) is 1. The third-order valence-corrected chi connectivity index (χ3v) is 2.06. The molecule has 0 bridgehead atoms. The fourth-order valence-corrected chi connectivity index (χ4v) is 1.25. The van der Waals surface area contributed by atoms with E-state index in [-0.39, 0.29) is 12.5 Å². The van der Waals surface area contributed by atoms with Gasteiger partial charge < -0.3 is 14.6 Å². The summed E-state index contributed by atoms with van der Waals surface area (Å²) in [5.74, 6) is 4.30. The van der Waals surface area contributed by atoms with E-state index in [2.05, 4.69) is 4.84 Å². The molecule has 0 aliphatic carbocycles. The number of amides is 2. The average molecular weight is 202 g/mol. The maximum atomic E-state index is 11.3. The zero-order chi connectivity index (χ0) is 10.6. The van der Waals surface area contributed by atoms with E-state index in [0.29, 0.717) is 19.6 Å². The number of nitrogens with one attached hydrogen (secondary N) is 1. The van der Waals surface area contributed by atoms with Gasteiger partial charge in [0.05, 0.1) is 6.42 Å². The fraction of sp³-hybridized carbons (Fsp3) is 0.714. The molecule has 1 saturated heterocycles. The molecule has 0 aromatic rings. The first-order valence-electron chi connectivity index (χ1n) is 4.30. The van der Waals surface area contributed by atoms with Gasteiger partial charge >= 0.3 is 12.0 Å². The van der Waals surface area contributed by atoms with Crippen LogP contribution < -0.4 is 11.4 Å². The van der Waals surface area contributed by atoms with Crippen molar-refractivity contribution in [2.75, 3.05) is 26.7 Å². The predicted octanol–water partition coefficient (Wildman–Crippen LogP) is -1.33. The van der Waals surface area contributed by atoms with Crippen molar-refractivity contribution in [2.24, 2.45) is 5.84 Å². The average Bonchev–Trinajstić information content (AvgIpc) is 2.46. The lowest BCUT2D eigenvalue weighted by molar-refractivity contribution is -0.151. The minimum Gasteiger partial charge on any atom is -0.356 e. The summed E-state index contributed by atoms with van der Waals surface area (Å²) >= 11 is 0. The number of urea groups is 1. The van der Waals surface area contributed by atoms with E-state index in [9.17, 15) is 9.59 Å². The summed E-state index contributed by atoms with van der Waals surface area (Å²) in [5, 5.41) is 0. The Morgan fingerprint density at radius 1 is 1.64 bits per heavy atom. The van der Waals surface area contributed by atoms with Gasteiger partial charge in [0.25, 0.3) is 0 Å². The van der Waals surface area contributed by atoms with E-state index in [0.717, 1.165) is 0 Å². The first-order valence-corrected chi connectivity index (χ1v) is 4.30. The van der Waals surface area contributed by atoms with Crippen LogP contribution in [0.2, 0.25) is 0 Å². The van der Waals surface area contributed by atoms with E-state index in [1.54, 1.807) is 22.4 Å². The molecule has 3 N–H and O–H groups in total. The number of hydrazine groups is 1. The molecule has 0 saturated carbocycles. The Hall–Kier alpha value is -1.34. The van der Waals surface area contributed by atoms with Crippen LogP contribution in [0.4, 0.5) is 4.79 Å². The summed E-state index contributed by atoms with van der Waals surface area (Å²) in [5.41, 5.74) is 1.80. The molecule has 1 rings (SSSR count). The molecule has 1 fully saturated rings. The van der Waals surface area contributed by atoms with E-state index < -0.39 is 5.97 Å². The van der Waals surface area contributed by atoms with Crippen molar-refractivity contribution in [3.8, 4) is 0 Å². The van der Waals surface area contributed by atoms with Crippen molar-refractivity contribution in [2.45, 2.75) is 6.42 Å². The second kappa shape index (κ2) is 4.77. The molecule has 2 amide bonds. The van der Waals surface area contributed by atoms with Gasteiger partial charge in [-0.05, 0) is 0 Å². The van der Waals surface area contributed by atoms with Crippen LogP contribution in [0, 0.1) is 0 Å². The number of hydrogen-bond donors (Lipinski definition) is 2. The van der Waals surface area contributed by atoms with Gasteiger partial charge in [0.1, 0.15) is 0 Å². The van der Waals surface area contributed by atoms with Gasteiger partial charge in [-0.3, -0.25) is 4.79 Å². The van der Waals surface area contributed by atoms with Crippen LogP contribution in [0.15, 0.2) is 0 Å². The molecule has 0 radical (unpaired) electrons. The van der Waals surface area contributed by atoms with Crippen LogP contribution >= 0.6 is 0 Å². The molecular weight excluding hydrogens is 188 g/mol. The van der Waals surface area contributed by atoms with E-state index in [1.807, 2.05) is 0 Å². The van der Waals surface area contributed by atoms with Crippen molar-refractivity contribution < 1.29 is 14.4 Å². The summed E-state index contributed by atoms with van der Waals surface area (Å²) in [6, 6.07) is -0.0569. The minimum atomic E-state index is -0.477. The quantitative estimate of drug-likeness (QED) is 0.435. The molecule has 0 aromatic heterocycles. The normalized spacial score (nSPS) is 16.3. The molecule has 0 unspecified atom stereocenters. The zero-order valence-electron chi connectivity index (χ0n) is 8.02. The molecule has 1 aliphatic heterocycles. The number of carbonyl (C=O) groups excluding carboxylic acids is 2. The van der Waals surface area contributed by atoms with Crippen LogP contribution in [-0.2, 0) is 9.63 Å². The number of nitrogens with zero attached hydrogens (tertiary/aromatic N) is 2. The monoisotopic (exact) mass is 202 g/mol. The largest absolute Gasteiger partial charge is 0.356 e. The lowest BCUT2D eigenvalue weighted by Crippen LogP contribution is -2.33. The summed E-state index contributed by atoms with van der Waals surface area (Å²) in [7, 11) is 1.72. The SMILES string of the molecule is CN1CCN(CCC(=O)ONN)C1=O. The highest BCUT2D eigenvalue weighted by molar-refractivity contribution is 5.77. The van der Waals surface area contributed by atoms with Crippen LogP contribution in [0.5, 0.6) is 0 Å². The number of carbonyl (C=O) groups is 2. The van der Waals surface area contributed by atoms with Crippen molar-refractivity contribution in [1.82, 2.24) is 15.4 Å². The van der Waals surface area contributed by atoms with Crippen molar-refractivity contribution in [3.05, 3.63) is 0 Å². The maximum Gasteiger partial charge on any atom is 0.328 e. The zero-order valence-corrected chi connectivity index (χ0v) is 8.02. The molecule has 1 aliphatic rings. The van der Waals surface area contributed by atoms with Gasteiger partial charge in [0.2, 0.25) is 0 Å². The lowest BCUT2D eigenvalue weighted by atomic mass is 10.4. The van der Waals surface area contributed by atoms with Gasteiger partial charge in [-0.25, -0.2) is 10.6 Å². The first kappa shape index (κ1) is 10.7. The Kier molecular flexibility index (Phi) is 3.66. The number of rotatable bonds is 4. The summed E-state index contributed by atoms with van der Waals surface area (Å²) in [4.78, 5) is 29.7. The maximum absolute atomic E-state index is 11.3. The fourth-order valence-electron chi connectivity index (χ4n) is 1.25. The molecule has 0 aromatic carbocycles. The van der Waals surface area contributed by atoms with Crippen LogP contribution in [-0.4, -0.2) is 48.5 Å². The highest BCUT2D eigenvalue weighted by Gasteiger charge is 2.25. The van der Waals surface area contributed by atoms with Gasteiger partial charge in [0, 0.05) is 26.7 Å². The van der Waals surface area contributed by atoms with Gasteiger partial charge in [-0.2, -0.15) is 0 Å². The summed E-state index contributed by atoms with van der Waals surface area (Å²) in [6.07, 6.45) is 0.143. The Bertz CT molecular complexity index is 233. The second-order valence-electron chi connectivity index (χ2n) is 3.03. The van der Waals surface area contributed by atoms with Gasteiger partial charge in [-0.15, -0.1) is 0 Å². The predicted molar refractivity (Wildman–Crippen MR) is 47.6 cm³/mol. The van der Waals surface area contributed by atoms with Crippen LogP contribution in [0.1, 0.15) is 6.42 Å². The van der Waals surface area contributed by atoms with Crippen molar-refractivity contribution >= 4 is 12.0 Å². The number of hydrogen-bond acceptors (Lipinski definition) is 5. The van der Waals surface area contributed by atoms with Gasteiger partial charge in [0.15, 0.2) is 0 Å². The third kappa shape index (κ3) is 2.57. The van der Waals surface area contributed by atoms with E-state index >= 15 is 0 Å². The first-order chi connectivity index (χ1) is 6.65. The topological polar surface area (TPSA) is 87.9 Å². The number of likely N-dealkylation sites (N-methyl/N-ethyl adjacent to an activating group) is 1. The summed E-state index contributed by atoms with van der Waals surface area (Å²) < 4.78 is 0. The third-order valence-electron chi connectivity index (χ3n) is 2.06. The second-order valence-corrected chi connectivity index (χ2v) is 3.03. The minimum absolute atomic E-state index is 0.0569. The molecule has 7 heteroatoms. The molecule has 0 spiro atoms. The Morgan fingerprint density at radius 3 is 2.86 bits per heavy atom. The summed E-state index contributed by atoms with van der Waals surface area (Å²) in [6.45, 7) is 1.71. The Labute approximate surface area is 81.7 Å². The molecule has 7 nitrogen and oxygen atoms in total. The van der Waals surface area contributed by atoms with Crippen molar-refractivity contribution in [3.63, 3.8) is 0 Å². The smallest absolute Gasteiger partial charge is 0.328 e. The molecular formula is C7H14N4O3. The van der Waals surface area contributed by atoms with Crippen LogP contribution in [0.25, 0.3) is 0 Å². The van der Waals surface area contributed by atoms with Gasteiger partial charge in [-0.1, -0.05) is 5.59 Å². The molecule has 80 valence electrons. The molecule has 0 atom stereocenters. The highest BCUT2D eigenvalue weighted by atomic mass is 16.7. The van der Waals surface area contributed by atoms with Crippen LogP contribution in [0.3, 0.4) is 0 Å². The molecule has 1 heterocycles. The lowest BCUT2D eigenvalue weighted by Gasteiger charge is -2.14. The molecule has 14 heavy (non-hydrogen) atoms.